The molecule has 0 aromatic rings. The second-order valence-corrected chi connectivity index (χ2v) is 2.97. The van der Waals surface area contributed by atoms with Crippen LogP contribution < -0.4 is 10.6 Å². The Kier molecular flexibility index (Phi) is 17.1. The van der Waals surface area contributed by atoms with Crippen molar-refractivity contribution >= 4 is 29.9 Å². The van der Waals surface area contributed by atoms with Gasteiger partial charge in [0.1, 0.15) is 0 Å². The topological polar surface area (TPSA) is 54.9 Å². The van der Waals surface area contributed by atoms with Gasteiger partial charge in [-0.25, -0.2) is 0 Å². The summed E-state index contributed by atoms with van der Waals surface area (Å²) in [5, 5.41) is 6.34. The summed E-state index contributed by atoms with van der Waals surface area (Å²) >= 11 is 0. The third-order valence-electron chi connectivity index (χ3n) is 1.78. The highest BCUT2D eigenvalue weighted by Crippen LogP contribution is 1.78. The van der Waals surface area contributed by atoms with Gasteiger partial charge in [0.15, 0.2) is 5.96 Å². The molecule has 0 fully saturated rings. The van der Waals surface area contributed by atoms with Crippen LogP contribution in [0.25, 0.3) is 0 Å². The standard InChI is InChI=1S/C10H23N3O2.HI/c1-4-15-9-7-13-10(11-2)12-6-5-8-14-3;/h4-9H2,1-3H3,(H2,11,12,13);1H. The van der Waals surface area contributed by atoms with Crippen molar-refractivity contribution in [3.05, 3.63) is 0 Å². The van der Waals surface area contributed by atoms with Crippen molar-refractivity contribution < 1.29 is 9.47 Å². The molecule has 16 heavy (non-hydrogen) atoms. The SMILES string of the molecule is CCOCCNC(=NC)NCCCOC.I. The maximum atomic E-state index is 5.21. The van der Waals surface area contributed by atoms with Gasteiger partial charge in [-0.15, -0.1) is 24.0 Å². The predicted octanol–water partition coefficient (Wildman–Crippen LogP) is 0.842. The fourth-order valence-electron chi connectivity index (χ4n) is 1.03. The van der Waals surface area contributed by atoms with Crippen LogP contribution >= 0.6 is 24.0 Å². The van der Waals surface area contributed by atoms with Gasteiger partial charge in [0, 0.05) is 40.5 Å². The molecule has 0 radical (unpaired) electrons. The molecular formula is C10H24IN3O2. The number of guanidine groups is 1. The van der Waals surface area contributed by atoms with E-state index in [9.17, 15) is 0 Å². The summed E-state index contributed by atoms with van der Waals surface area (Å²) in [5.41, 5.74) is 0. The molecule has 0 atom stereocenters. The van der Waals surface area contributed by atoms with Crippen LogP contribution in [-0.2, 0) is 9.47 Å². The quantitative estimate of drug-likeness (QED) is 0.296. The van der Waals surface area contributed by atoms with Crippen LogP contribution in [0.3, 0.4) is 0 Å². The minimum absolute atomic E-state index is 0. The van der Waals surface area contributed by atoms with Crippen molar-refractivity contribution in [3.8, 4) is 0 Å². The summed E-state index contributed by atoms with van der Waals surface area (Å²) < 4.78 is 10.2. The molecule has 6 heteroatoms. The molecule has 0 aliphatic rings. The summed E-state index contributed by atoms with van der Waals surface area (Å²) in [5.74, 6) is 0.811. The largest absolute Gasteiger partial charge is 0.385 e. The molecule has 0 aliphatic carbocycles. The summed E-state index contributed by atoms with van der Waals surface area (Å²) in [4.78, 5) is 4.08. The number of methoxy groups -OCH3 is 1. The fraction of sp³-hybridized carbons (Fsp3) is 0.900. The molecule has 0 bridgehead atoms. The Morgan fingerprint density at radius 1 is 1.19 bits per heavy atom. The average molecular weight is 345 g/mol. The van der Waals surface area contributed by atoms with Crippen molar-refractivity contribution in [3.63, 3.8) is 0 Å². The summed E-state index contributed by atoms with van der Waals surface area (Å²) in [6, 6.07) is 0. The Balaban J connectivity index is 0. The first-order valence-electron chi connectivity index (χ1n) is 5.36. The molecule has 0 saturated heterocycles. The third kappa shape index (κ3) is 12.0. The number of aliphatic imine (C=N–C) groups is 1. The van der Waals surface area contributed by atoms with Crippen LogP contribution in [0, 0.1) is 0 Å². The van der Waals surface area contributed by atoms with Gasteiger partial charge < -0.3 is 20.1 Å². The normalized spacial score (nSPS) is 10.8. The van der Waals surface area contributed by atoms with E-state index in [4.69, 9.17) is 9.47 Å². The number of ether oxygens (including phenoxy) is 2. The highest BCUT2D eigenvalue weighted by molar-refractivity contribution is 14.0. The van der Waals surface area contributed by atoms with E-state index in [-0.39, 0.29) is 24.0 Å². The number of halogens is 1. The van der Waals surface area contributed by atoms with Gasteiger partial charge >= 0.3 is 0 Å². The lowest BCUT2D eigenvalue weighted by Crippen LogP contribution is -2.39. The monoisotopic (exact) mass is 345 g/mol. The lowest BCUT2D eigenvalue weighted by molar-refractivity contribution is 0.152. The maximum Gasteiger partial charge on any atom is 0.191 e. The van der Waals surface area contributed by atoms with E-state index in [1.54, 1.807) is 14.2 Å². The van der Waals surface area contributed by atoms with E-state index in [2.05, 4.69) is 15.6 Å². The Bertz CT molecular complexity index is 154. The van der Waals surface area contributed by atoms with E-state index in [0.29, 0.717) is 6.61 Å². The number of nitrogens with one attached hydrogen (secondary N) is 2. The molecule has 0 amide bonds. The van der Waals surface area contributed by atoms with Crippen molar-refractivity contribution in [2.75, 3.05) is 47.1 Å². The average Bonchev–Trinajstić information content (AvgIpc) is 2.27. The Labute approximate surface area is 115 Å². The first-order chi connectivity index (χ1) is 7.35. The highest BCUT2D eigenvalue weighted by Gasteiger charge is 1.95. The number of rotatable bonds is 8. The van der Waals surface area contributed by atoms with Gasteiger partial charge in [-0.3, -0.25) is 4.99 Å². The van der Waals surface area contributed by atoms with E-state index in [1.807, 2.05) is 6.92 Å². The minimum atomic E-state index is 0. The van der Waals surface area contributed by atoms with E-state index >= 15 is 0 Å². The first-order valence-corrected chi connectivity index (χ1v) is 5.36. The van der Waals surface area contributed by atoms with Crippen LogP contribution in [-0.4, -0.2) is 53.0 Å². The minimum Gasteiger partial charge on any atom is -0.385 e. The zero-order valence-electron chi connectivity index (χ0n) is 10.4. The number of hydrogen-bond donors (Lipinski definition) is 2. The van der Waals surface area contributed by atoms with Crippen LogP contribution in [0.2, 0.25) is 0 Å². The van der Waals surface area contributed by atoms with Crippen molar-refractivity contribution in [1.29, 1.82) is 0 Å². The van der Waals surface area contributed by atoms with Crippen molar-refractivity contribution in [2.24, 2.45) is 4.99 Å². The molecular weight excluding hydrogens is 321 g/mol. The number of hydrogen-bond acceptors (Lipinski definition) is 3. The van der Waals surface area contributed by atoms with Gasteiger partial charge in [0.05, 0.1) is 6.61 Å². The first kappa shape index (κ1) is 18.3. The lowest BCUT2D eigenvalue weighted by atomic mass is 10.4. The van der Waals surface area contributed by atoms with Crippen molar-refractivity contribution in [2.45, 2.75) is 13.3 Å². The zero-order chi connectivity index (χ0) is 11.4. The van der Waals surface area contributed by atoms with Gasteiger partial charge in [0.2, 0.25) is 0 Å². The van der Waals surface area contributed by atoms with Crippen molar-refractivity contribution in [1.82, 2.24) is 10.6 Å². The second kappa shape index (κ2) is 14.9. The molecule has 0 aliphatic heterocycles. The Morgan fingerprint density at radius 3 is 2.44 bits per heavy atom. The molecule has 0 aromatic heterocycles. The smallest absolute Gasteiger partial charge is 0.191 e. The van der Waals surface area contributed by atoms with Gasteiger partial charge in [-0.2, -0.15) is 0 Å². The van der Waals surface area contributed by atoms with Crippen LogP contribution in [0.1, 0.15) is 13.3 Å². The maximum absolute atomic E-state index is 5.21. The van der Waals surface area contributed by atoms with E-state index in [1.165, 1.54) is 0 Å². The zero-order valence-corrected chi connectivity index (χ0v) is 12.7. The third-order valence-corrected chi connectivity index (χ3v) is 1.78. The van der Waals surface area contributed by atoms with Gasteiger partial charge in [-0.1, -0.05) is 0 Å². The van der Waals surface area contributed by atoms with Crippen LogP contribution in [0.5, 0.6) is 0 Å². The van der Waals surface area contributed by atoms with E-state index in [0.717, 1.165) is 38.7 Å². The Morgan fingerprint density at radius 2 is 1.88 bits per heavy atom. The lowest BCUT2D eigenvalue weighted by Gasteiger charge is -2.11. The molecule has 2 N–H and O–H groups in total. The molecule has 0 rings (SSSR count). The molecule has 0 spiro atoms. The molecule has 0 saturated carbocycles. The predicted molar refractivity (Wildman–Crippen MR) is 77.8 cm³/mol. The second-order valence-electron chi connectivity index (χ2n) is 2.97. The molecule has 0 unspecified atom stereocenters. The molecule has 5 nitrogen and oxygen atoms in total. The highest BCUT2D eigenvalue weighted by atomic mass is 127. The number of nitrogens with zero attached hydrogens (tertiary/aromatic N) is 1. The summed E-state index contributed by atoms with van der Waals surface area (Å²) in [6.45, 7) is 5.84. The fourth-order valence-corrected chi connectivity index (χ4v) is 1.03. The van der Waals surface area contributed by atoms with Gasteiger partial charge in [-0.05, 0) is 13.3 Å². The van der Waals surface area contributed by atoms with E-state index < -0.39 is 0 Å². The molecule has 0 heterocycles. The van der Waals surface area contributed by atoms with Crippen LogP contribution in [0.15, 0.2) is 4.99 Å². The van der Waals surface area contributed by atoms with Crippen LogP contribution in [0.4, 0.5) is 0 Å². The molecule has 0 aromatic carbocycles. The molecule has 98 valence electrons. The van der Waals surface area contributed by atoms with Gasteiger partial charge in [0.25, 0.3) is 0 Å². The summed E-state index contributed by atoms with van der Waals surface area (Å²) in [6.07, 6.45) is 0.975. The Hall–Kier alpha value is -0.0800. The summed E-state index contributed by atoms with van der Waals surface area (Å²) in [7, 11) is 3.46.